The van der Waals surface area contributed by atoms with Gasteiger partial charge in [-0.25, -0.2) is 9.97 Å². The van der Waals surface area contributed by atoms with Gasteiger partial charge in [0.15, 0.2) is 0 Å². The van der Waals surface area contributed by atoms with Crippen LogP contribution in [0.25, 0.3) is 22.4 Å². The number of aromatic hydroxyl groups is 1. The number of nitrogens with one attached hydrogen (secondary N) is 1. The first kappa shape index (κ1) is 14.5. The van der Waals surface area contributed by atoms with E-state index in [-0.39, 0.29) is 5.75 Å². The van der Waals surface area contributed by atoms with Crippen LogP contribution in [0, 0.1) is 0 Å². The number of halogens is 1. The molecular weight excluding hydrogens is 326 g/mol. The second-order valence-electron chi connectivity index (χ2n) is 5.23. The Morgan fingerprint density at radius 3 is 2.62 bits per heavy atom. The van der Waals surface area contributed by atoms with Gasteiger partial charge in [0.2, 0.25) is 5.71 Å². The highest BCUT2D eigenvalue weighted by atomic mass is 35.5. The van der Waals surface area contributed by atoms with Crippen LogP contribution in [-0.4, -0.2) is 15.1 Å². The van der Waals surface area contributed by atoms with Crippen LogP contribution < -0.4 is 5.32 Å². The van der Waals surface area contributed by atoms with E-state index < -0.39 is 0 Å². The smallest absolute Gasteiger partial charge is 0.231 e. The summed E-state index contributed by atoms with van der Waals surface area (Å²) >= 11 is 5.92. The van der Waals surface area contributed by atoms with Gasteiger partial charge in [-0.2, -0.15) is 0 Å². The van der Waals surface area contributed by atoms with Gasteiger partial charge in [0, 0.05) is 22.3 Å². The third-order valence-corrected chi connectivity index (χ3v) is 3.82. The highest BCUT2D eigenvalue weighted by Gasteiger charge is 2.12. The normalized spacial score (nSPS) is 10.9. The van der Waals surface area contributed by atoms with Crippen molar-refractivity contribution < 1.29 is 9.52 Å². The molecule has 2 heterocycles. The van der Waals surface area contributed by atoms with Crippen LogP contribution in [0.5, 0.6) is 5.75 Å². The minimum absolute atomic E-state index is 0.180. The molecule has 0 amide bonds. The monoisotopic (exact) mass is 337 g/mol. The van der Waals surface area contributed by atoms with E-state index in [4.69, 9.17) is 16.0 Å². The van der Waals surface area contributed by atoms with Crippen molar-refractivity contribution in [2.24, 2.45) is 0 Å². The number of hydrogen-bond acceptors (Lipinski definition) is 5. The lowest BCUT2D eigenvalue weighted by molar-refractivity contribution is 0.475. The van der Waals surface area contributed by atoms with E-state index in [9.17, 15) is 5.11 Å². The molecule has 4 aromatic rings. The molecule has 2 aromatic carbocycles. The third-order valence-electron chi connectivity index (χ3n) is 3.57. The average Bonchev–Trinajstić information content (AvgIpc) is 3.01. The summed E-state index contributed by atoms with van der Waals surface area (Å²) < 4.78 is 5.81. The number of aromatic nitrogens is 2. The van der Waals surface area contributed by atoms with E-state index in [1.807, 2.05) is 36.4 Å². The first-order chi connectivity index (χ1) is 11.7. The molecule has 0 spiro atoms. The molecule has 5 nitrogen and oxygen atoms in total. The minimum Gasteiger partial charge on any atom is -0.508 e. The second kappa shape index (κ2) is 5.86. The number of hydrogen-bond donors (Lipinski definition) is 2. The van der Waals surface area contributed by atoms with E-state index in [2.05, 4.69) is 15.3 Å². The third kappa shape index (κ3) is 2.77. The Labute approximate surface area is 142 Å². The van der Waals surface area contributed by atoms with Crippen molar-refractivity contribution in [2.75, 3.05) is 5.32 Å². The molecular formula is C18H12ClN3O2. The minimum atomic E-state index is 0.180. The standard InChI is InChI=1S/C18H12ClN3O2/c19-12-6-4-11(5-7-12)16-9-15-17(20-10-21-18(15)24-16)22-13-2-1-3-14(23)8-13/h1-10,23H,(H,20,21,22). The van der Waals surface area contributed by atoms with E-state index in [1.54, 1.807) is 18.2 Å². The summed E-state index contributed by atoms with van der Waals surface area (Å²) in [7, 11) is 0. The summed E-state index contributed by atoms with van der Waals surface area (Å²) in [4.78, 5) is 8.44. The fourth-order valence-electron chi connectivity index (χ4n) is 2.43. The quantitative estimate of drug-likeness (QED) is 0.551. The Kier molecular flexibility index (Phi) is 3.55. The number of phenols is 1. The fraction of sp³-hybridized carbons (Fsp3) is 0. The van der Waals surface area contributed by atoms with Gasteiger partial charge >= 0.3 is 0 Å². The molecule has 24 heavy (non-hydrogen) atoms. The Morgan fingerprint density at radius 1 is 1.00 bits per heavy atom. The molecule has 0 unspecified atom stereocenters. The summed E-state index contributed by atoms with van der Waals surface area (Å²) in [5.41, 5.74) is 2.11. The maximum Gasteiger partial charge on any atom is 0.231 e. The van der Waals surface area contributed by atoms with Gasteiger partial charge in [0.1, 0.15) is 23.7 Å². The van der Waals surface area contributed by atoms with Crippen molar-refractivity contribution >= 4 is 34.2 Å². The molecule has 0 saturated carbocycles. The number of phenolic OH excluding ortho intramolecular Hbond substituents is 1. The number of anilines is 2. The van der Waals surface area contributed by atoms with Gasteiger partial charge in [0.25, 0.3) is 0 Å². The van der Waals surface area contributed by atoms with Gasteiger partial charge in [-0.3, -0.25) is 0 Å². The van der Waals surface area contributed by atoms with Gasteiger partial charge in [0.05, 0.1) is 5.39 Å². The largest absolute Gasteiger partial charge is 0.508 e. The maximum atomic E-state index is 9.58. The lowest BCUT2D eigenvalue weighted by atomic mass is 10.1. The highest BCUT2D eigenvalue weighted by molar-refractivity contribution is 6.30. The predicted molar refractivity (Wildman–Crippen MR) is 93.6 cm³/mol. The second-order valence-corrected chi connectivity index (χ2v) is 5.67. The molecule has 0 saturated heterocycles. The fourth-order valence-corrected chi connectivity index (χ4v) is 2.56. The van der Waals surface area contributed by atoms with Gasteiger partial charge in [-0.05, 0) is 42.5 Å². The lowest BCUT2D eigenvalue weighted by Gasteiger charge is -2.05. The molecule has 0 aliphatic heterocycles. The van der Waals surface area contributed by atoms with Crippen molar-refractivity contribution in [1.29, 1.82) is 0 Å². The number of fused-ring (bicyclic) bond motifs is 1. The Hall–Kier alpha value is -3.05. The Morgan fingerprint density at radius 2 is 1.83 bits per heavy atom. The van der Waals surface area contributed by atoms with Gasteiger partial charge < -0.3 is 14.8 Å². The van der Waals surface area contributed by atoms with E-state index in [0.29, 0.717) is 22.3 Å². The van der Waals surface area contributed by atoms with E-state index >= 15 is 0 Å². The molecule has 118 valence electrons. The summed E-state index contributed by atoms with van der Waals surface area (Å²) in [6, 6.07) is 16.1. The maximum absolute atomic E-state index is 9.58. The molecule has 0 aliphatic carbocycles. The SMILES string of the molecule is Oc1cccc(Nc2ncnc3oc(-c4ccc(Cl)cc4)cc23)c1. The van der Waals surface area contributed by atoms with Crippen LogP contribution >= 0.6 is 11.6 Å². The van der Waals surface area contributed by atoms with Crippen molar-refractivity contribution in [3.8, 4) is 17.1 Å². The number of nitrogens with zero attached hydrogens (tertiary/aromatic N) is 2. The molecule has 0 atom stereocenters. The summed E-state index contributed by atoms with van der Waals surface area (Å²) in [6.07, 6.45) is 1.43. The molecule has 0 aliphatic rings. The van der Waals surface area contributed by atoms with E-state index in [0.717, 1.165) is 16.6 Å². The van der Waals surface area contributed by atoms with Crippen molar-refractivity contribution in [3.05, 3.63) is 65.9 Å². The zero-order chi connectivity index (χ0) is 16.5. The lowest BCUT2D eigenvalue weighted by Crippen LogP contribution is -1.94. The topological polar surface area (TPSA) is 71.2 Å². The zero-order valence-corrected chi connectivity index (χ0v) is 13.2. The van der Waals surface area contributed by atoms with Crippen LogP contribution in [0.3, 0.4) is 0 Å². The summed E-state index contributed by atoms with van der Waals surface area (Å²) in [5.74, 6) is 1.47. The number of benzene rings is 2. The van der Waals surface area contributed by atoms with Crippen LogP contribution in [0.4, 0.5) is 11.5 Å². The van der Waals surface area contributed by atoms with Crippen LogP contribution in [0.15, 0.2) is 65.3 Å². The zero-order valence-electron chi connectivity index (χ0n) is 12.4. The molecule has 0 radical (unpaired) electrons. The summed E-state index contributed by atoms with van der Waals surface area (Å²) in [6.45, 7) is 0. The molecule has 0 fully saturated rings. The number of rotatable bonds is 3. The molecule has 2 N–H and O–H groups in total. The van der Waals surface area contributed by atoms with E-state index in [1.165, 1.54) is 6.33 Å². The van der Waals surface area contributed by atoms with Gasteiger partial charge in [-0.1, -0.05) is 17.7 Å². The highest BCUT2D eigenvalue weighted by Crippen LogP contribution is 2.32. The average molecular weight is 338 g/mol. The Bertz CT molecular complexity index is 1010. The number of furan rings is 1. The molecule has 2 aromatic heterocycles. The molecule has 0 bridgehead atoms. The van der Waals surface area contributed by atoms with Crippen LogP contribution in [-0.2, 0) is 0 Å². The predicted octanol–water partition coefficient (Wildman–Crippen LogP) is 4.99. The Balaban J connectivity index is 1.76. The van der Waals surface area contributed by atoms with Crippen molar-refractivity contribution in [2.45, 2.75) is 0 Å². The van der Waals surface area contributed by atoms with Gasteiger partial charge in [-0.15, -0.1) is 0 Å². The van der Waals surface area contributed by atoms with Crippen molar-refractivity contribution in [3.63, 3.8) is 0 Å². The first-order valence-corrected chi connectivity index (χ1v) is 7.63. The van der Waals surface area contributed by atoms with Crippen LogP contribution in [0.2, 0.25) is 5.02 Å². The first-order valence-electron chi connectivity index (χ1n) is 7.25. The van der Waals surface area contributed by atoms with Crippen molar-refractivity contribution in [1.82, 2.24) is 9.97 Å². The summed E-state index contributed by atoms with van der Waals surface area (Å²) in [5, 5.41) is 14.2. The molecule has 6 heteroatoms. The van der Waals surface area contributed by atoms with Crippen LogP contribution in [0.1, 0.15) is 0 Å². The molecule has 4 rings (SSSR count).